The van der Waals surface area contributed by atoms with E-state index >= 15 is 0 Å². The van der Waals surface area contributed by atoms with Crippen molar-refractivity contribution in [1.82, 2.24) is 0 Å². The summed E-state index contributed by atoms with van der Waals surface area (Å²) in [6, 6.07) is 16.3. The lowest BCUT2D eigenvalue weighted by Crippen LogP contribution is -2.11. The van der Waals surface area contributed by atoms with Gasteiger partial charge in [-0.3, -0.25) is 4.79 Å². The summed E-state index contributed by atoms with van der Waals surface area (Å²) in [4.78, 5) is 12.4. The molecule has 0 spiro atoms. The lowest BCUT2D eigenvalue weighted by Gasteiger charge is -2.15. The zero-order valence-corrected chi connectivity index (χ0v) is 21.8. The normalized spacial score (nSPS) is 11.9. The first-order chi connectivity index (χ1) is 16.6. The van der Waals surface area contributed by atoms with Crippen molar-refractivity contribution >= 4 is 5.97 Å². The number of esters is 1. The molecule has 0 saturated heterocycles. The average molecular weight is 467 g/mol. The predicted molar refractivity (Wildman–Crippen MR) is 142 cm³/mol. The molecule has 2 aromatic rings. The first kappa shape index (κ1) is 28.0. The van der Waals surface area contributed by atoms with Gasteiger partial charge in [-0.1, -0.05) is 108 Å². The van der Waals surface area contributed by atoms with Crippen molar-refractivity contribution in [2.24, 2.45) is 0 Å². The van der Waals surface area contributed by atoms with Crippen LogP contribution in [0.1, 0.15) is 114 Å². The lowest BCUT2D eigenvalue weighted by atomic mass is 10.0. The molecule has 0 heterocycles. The van der Waals surface area contributed by atoms with E-state index in [1.807, 2.05) is 31.2 Å². The molecule has 0 amide bonds. The molecule has 1 unspecified atom stereocenters. The topological polar surface area (TPSA) is 35.5 Å². The smallest absolute Gasteiger partial charge is 0.310 e. The Morgan fingerprint density at radius 2 is 1.26 bits per heavy atom. The van der Waals surface area contributed by atoms with Crippen LogP contribution in [0.25, 0.3) is 0 Å². The fraction of sp³-hybridized carbons (Fsp3) is 0.581. The van der Waals surface area contributed by atoms with Crippen LogP contribution in [-0.4, -0.2) is 12.6 Å². The maximum absolute atomic E-state index is 12.4. The van der Waals surface area contributed by atoms with E-state index in [4.69, 9.17) is 9.47 Å². The SMILES string of the molecule is CCCCCCCCc1ccc(CC(=O)OC(C)c2ccc(OCCCCCCC)cc2)cc1. The fourth-order valence-corrected chi connectivity index (χ4v) is 4.14. The maximum Gasteiger partial charge on any atom is 0.310 e. The number of hydrogen-bond donors (Lipinski definition) is 0. The highest BCUT2D eigenvalue weighted by molar-refractivity contribution is 5.72. The first-order valence-electron chi connectivity index (χ1n) is 13.6. The van der Waals surface area contributed by atoms with Gasteiger partial charge in [0.05, 0.1) is 13.0 Å². The minimum Gasteiger partial charge on any atom is -0.494 e. The van der Waals surface area contributed by atoms with Crippen LogP contribution in [-0.2, 0) is 22.4 Å². The van der Waals surface area contributed by atoms with Crippen molar-refractivity contribution in [3.05, 3.63) is 65.2 Å². The van der Waals surface area contributed by atoms with Gasteiger partial charge >= 0.3 is 5.97 Å². The Hall–Kier alpha value is -2.29. The van der Waals surface area contributed by atoms with Crippen molar-refractivity contribution in [1.29, 1.82) is 0 Å². The van der Waals surface area contributed by atoms with Gasteiger partial charge in [0.2, 0.25) is 0 Å². The van der Waals surface area contributed by atoms with Crippen LogP contribution in [0.3, 0.4) is 0 Å². The van der Waals surface area contributed by atoms with Crippen LogP contribution in [0.5, 0.6) is 5.75 Å². The number of ether oxygens (including phenoxy) is 2. The predicted octanol–water partition coefficient (Wildman–Crippen LogP) is 8.79. The number of hydrogen-bond acceptors (Lipinski definition) is 3. The molecule has 0 fully saturated rings. The molecule has 0 bridgehead atoms. The Morgan fingerprint density at radius 1 is 0.706 bits per heavy atom. The molecule has 34 heavy (non-hydrogen) atoms. The molecule has 0 aliphatic carbocycles. The van der Waals surface area contributed by atoms with Gasteiger partial charge in [0, 0.05) is 0 Å². The Labute approximate surface area is 208 Å². The van der Waals surface area contributed by atoms with Gasteiger partial charge < -0.3 is 9.47 Å². The third kappa shape index (κ3) is 11.7. The molecule has 0 saturated carbocycles. The molecule has 0 aromatic heterocycles. The quantitative estimate of drug-likeness (QED) is 0.163. The highest BCUT2D eigenvalue weighted by Crippen LogP contribution is 2.21. The number of carbonyl (C=O) groups excluding carboxylic acids is 1. The van der Waals surface area contributed by atoms with Gasteiger partial charge in [-0.25, -0.2) is 0 Å². The van der Waals surface area contributed by atoms with Crippen LogP contribution in [0.2, 0.25) is 0 Å². The second-order valence-electron chi connectivity index (χ2n) is 9.47. The van der Waals surface area contributed by atoms with E-state index in [9.17, 15) is 4.79 Å². The molecule has 188 valence electrons. The summed E-state index contributed by atoms with van der Waals surface area (Å²) in [5.74, 6) is 0.683. The highest BCUT2D eigenvalue weighted by atomic mass is 16.5. The Bertz CT molecular complexity index is 779. The Kier molecular flexibility index (Phi) is 14.1. The van der Waals surface area contributed by atoms with Crippen molar-refractivity contribution in [3.8, 4) is 5.75 Å². The summed E-state index contributed by atoms with van der Waals surface area (Å²) >= 11 is 0. The average Bonchev–Trinajstić information content (AvgIpc) is 2.85. The van der Waals surface area contributed by atoms with Gasteiger partial charge in [0.25, 0.3) is 0 Å². The van der Waals surface area contributed by atoms with Crippen LogP contribution in [0, 0.1) is 0 Å². The largest absolute Gasteiger partial charge is 0.494 e. The zero-order chi connectivity index (χ0) is 24.4. The summed E-state index contributed by atoms with van der Waals surface area (Å²) in [7, 11) is 0. The summed E-state index contributed by atoms with van der Waals surface area (Å²) in [6.45, 7) is 7.16. The molecule has 2 rings (SSSR count). The van der Waals surface area contributed by atoms with E-state index in [0.29, 0.717) is 6.42 Å². The summed E-state index contributed by atoms with van der Waals surface area (Å²) in [5, 5.41) is 0. The van der Waals surface area contributed by atoms with Crippen LogP contribution in [0.4, 0.5) is 0 Å². The number of unbranched alkanes of at least 4 members (excludes halogenated alkanes) is 9. The van der Waals surface area contributed by atoms with E-state index in [2.05, 4.69) is 38.1 Å². The van der Waals surface area contributed by atoms with Crippen LogP contribution < -0.4 is 4.74 Å². The molecular formula is C31H46O3. The van der Waals surface area contributed by atoms with Gasteiger partial charge in [-0.2, -0.15) is 0 Å². The summed E-state index contributed by atoms with van der Waals surface area (Å²) in [6.07, 6.45) is 15.2. The van der Waals surface area contributed by atoms with E-state index in [1.54, 1.807) is 0 Å². The summed E-state index contributed by atoms with van der Waals surface area (Å²) in [5.41, 5.74) is 3.34. The van der Waals surface area contributed by atoms with Gasteiger partial charge in [-0.15, -0.1) is 0 Å². The molecule has 3 heteroatoms. The van der Waals surface area contributed by atoms with E-state index in [0.717, 1.165) is 36.3 Å². The van der Waals surface area contributed by atoms with E-state index in [1.165, 1.54) is 69.8 Å². The maximum atomic E-state index is 12.4. The molecule has 0 aliphatic heterocycles. The van der Waals surface area contributed by atoms with Gasteiger partial charge in [0.15, 0.2) is 0 Å². The third-order valence-electron chi connectivity index (χ3n) is 6.36. The van der Waals surface area contributed by atoms with Crippen LogP contribution >= 0.6 is 0 Å². The highest BCUT2D eigenvalue weighted by Gasteiger charge is 2.13. The lowest BCUT2D eigenvalue weighted by molar-refractivity contribution is -0.147. The first-order valence-corrected chi connectivity index (χ1v) is 13.6. The number of aryl methyl sites for hydroxylation is 1. The van der Waals surface area contributed by atoms with Crippen molar-refractivity contribution in [3.63, 3.8) is 0 Å². The molecule has 0 aliphatic rings. The molecule has 3 nitrogen and oxygen atoms in total. The van der Waals surface area contributed by atoms with E-state index < -0.39 is 0 Å². The molecular weight excluding hydrogens is 420 g/mol. The number of rotatable bonds is 18. The molecule has 0 radical (unpaired) electrons. The van der Waals surface area contributed by atoms with Gasteiger partial charge in [0.1, 0.15) is 11.9 Å². The van der Waals surface area contributed by atoms with E-state index in [-0.39, 0.29) is 12.1 Å². The Morgan fingerprint density at radius 3 is 1.91 bits per heavy atom. The summed E-state index contributed by atoms with van der Waals surface area (Å²) < 4.78 is 11.5. The monoisotopic (exact) mass is 466 g/mol. The third-order valence-corrected chi connectivity index (χ3v) is 6.36. The minimum absolute atomic E-state index is 0.191. The second kappa shape index (κ2) is 17.2. The van der Waals surface area contributed by atoms with Gasteiger partial charge in [-0.05, 0) is 55.0 Å². The Balaban J connectivity index is 1.67. The van der Waals surface area contributed by atoms with Crippen molar-refractivity contribution < 1.29 is 14.3 Å². The standard InChI is InChI=1S/C31H46O3/c1-4-6-8-10-11-13-15-27-16-18-28(19-17-27)25-31(32)34-26(3)29-20-22-30(23-21-29)33-24-14-12-9-7-5-2/h16-23,26H,4-15,24-25H2,1-3H3. The molecule has 1 atom stereocenters. The van der Waals surface area contributed by atoms with Crippen LogP contribution in [0.15, 0.2) is 48.5 Å². The van der Waals surface area contributed by atoms with Crippen molar-refractivity contribution in [2.45, 2.75) is 110 Å². The second-order valence-corrected chi connectivity index (χ2v) is 9.47. The molecule has 2 aromatic carbocycles. The number of benzene rings is 2. The van der Waals surface area contributed by atoms with Crippen molar-refractivity contribution in [2.75, 3.05) is 6.61 Å². The number of carbonyl (C=O) groups is 1. The fourth-order valence-electron chi connectivity index (χ4n) is 4.14. The minimum atomic E-state index is -0.275. The molecule has 0 N–H and O–H groups in total. The zero-order valence-electron chi connectivity index (χ0n) is 21.8.